The van der Waals surface area contributed by atoms with Gasteiger partial charge in [0.05, 0.1) is 0 Å². The molecular formula is C15H21N. The summed E-state index contributed by atoms with van der Waals surface area (Å²) >= 11 is 0. The van der Waals surface area contributed by atoms with Crippen molar-refractivity contribution < 1.29 is 0 Å². The Labute approximate surface area is 98.6 Å². The molecule has 1 fully saturated rings. The van der Waals surface area contributed by atoms with Crippen LogP contribution in [0.1, 0.15) is 36.0 Å². The van der Waals surface area contributed by atoms with Gasteiger partial charge in [-0.25, -0.2) is 0 Å². The summed E-state index contributed by atoms with van der Waals surface area (Å²) in [6.45, 7) is 5.53. The largest absolute Gasteiger partial charge is 0.311 e. The van der Waals surface area contributed by atoms with E-state index in [1.807, 2.05) is 0 Å². The number of piperidine rings is 1. The first-order valence-corrected chi connectivity index (χ1v) is 6.25. The average Bonchev–Trinajstić information content (AvgIpc) is 2.30. The predicted molar refractivity (Wildman–Crippen MR) is 70.6 cm³/mol. The van der Waals surface area contributed by atoms with Crippen LogP contribution in [0.2, 0.25) is 0 Å². The summed E-state index contributed by atoms with van der Waals surface area (Å²) in [5, 5.41) is 3.54. The molecule has 0 aliphatic carbocycles. The van der Waals surface area contributed by atoms with Crippen molar-refractivity contribution in [3.05, 3.63) is 41.0 Å². The second-order valence-electron chi connectivity index (χ2n) is 4.72. The van der Waals surface area contributed by atoms with E-state index in [2.05, 4.69) is 49.5 Å². The fourth-order valence-corrected chi connectivity index (χ4v) is 2.35. The summed E-state index contributed by atoms with van der Waals surface area (Å²) in [6.07, 6.45) is 8.58. The van der Waals surface area contributed by atoms with Crippen LogP contribution in [0.4, 0.5) is 0 Å². The third-order valence-electron chi connectivity index (χ3n) is 3.39. The number of nitrogens with one attached hydrogen (secondary N) is 1. The Morgan fingerprint density at radius 2 is 1.94 bits per heavy atom. The molecular weight excluding hydrogens is 194 g/mol. The van der Waals surface area contributed by atoms with Crippen molar-refractivity contribution in [3.63, 3.8) is 0 Å². The van der Waals surface area contributed by atoms with Gasteiger partial charge in [0.1, 0.15) is 0 Å². The van der Waals surface area contributed by atoms with Gasteiger partial charge >= 0.3 is 0 Å². The molecule has 1 saturated heterocycles. The maximum atomic E-state index is 3.54. The number of aryl methyl sites for hydroxylation is 2. The Kier molecular flexibility index (Phi) is 3.79. The van der Waals surface area contributed by atoms with Crippen LogP contribution in [0.3, 0.4) is 0 Å². The molecule has 2 rings (SSSR count). The van der Waals surface area contributed by atoms with Gasteiger partial charge < -0.3 is 5.32 Å². The molecule has 1 heterocycles. The summed E-state index contributed by atoms with van der Waals surface area (Å²) in [7, 11) is 0. The van der Waals surface area contributed by atoms with Crippen molar-refractivity contribution in [2.45, 2.75) is 39.2 Å². The molecule has 1 aliphatic rings. The summed E-state index contributed by atoms with van der Waals surface area (Å²) in [4.78, 5) is 0. The van der Waals surface area contributed by atoms with Crippen LogP contribution >= 0.6 is 0 Å². The molecule has 0 aromatic heterocycles. The van der Waals surface area contributed by atoms with Crippen LogP contribution in [0, 0.1) is 13.8 Å². The third kappa shape index (κ3) is 2.73. The lowest BCUT2D eigenvalue weighted by atomic mass is 9.99. The van der Waals surface area contributed by atoms with Gasteiger partial charge in [0.2, 0.25) is 0 Å². The molecule has 1 heteroatoms. The zero-order valence-corrected chi connectivity index (χ0v) is 10.3. The van der Waals surface area contributed by atoms with E-state index in [-0.39, 0.29) is 0 Å². The van der Waals surface area contributed by atoms with E-state index in [0.29, 0.717) is 6.04 Å². The van der Waals surface area contributed by atoms with Crippen molar-refractivity contribution in [2.24, 2.45) is 0 Å². The van der Waals surface area contributed by atoms with Crippen molar-refractivity contribution in [1.29, 1.82) is 0 Å². The lowest BCUT2D eigenvalue weighted by molar-refractivity contribution is 0.455. The Balaban J connectivity index is 2.10. The normalized spacial score (nSPS) is 21.5. The molecule has 1 nitrogen and oxygen atoms in total. The first-order chi connectivity index (χ1) is 7.77. The van der Waals surface area contributed by atoms with E-state index >= 15 is 0 Å². The Hall–Kier alpha value is -1.08. The van der Waals surface area contributed by atoms with E-state index in [1.165, 1.54) is 42.5 Å². The highest BCUT2D eigenvalue weighted by atomic mass is 14.9. The lowest BCUT2D eigenvalue weighted by Crippen LogP contribution is -2.32. The zero-order chi connectivity index (χ0) is 11.4. The molecule has 86 valence electrons. The van der Waals surface area contributed by atoms with Crippen molar-refractivity contribution in [3.8, 4) is 0 Å². The number of hydrogen-bond donors (Lipinski definition) is 1. The molecule has 0 saturated carbocycles. The second-order valence-corrected chi connectivity index (χ2v) is 4.72. The fraction of sp³-hybridized carbons (Fsp3) is 0.467. The van der Waals surface area contributed by atoms with Crippen molar-refractivity contribution in [2.75, 3.05) is 6.54 Å². The quantitative estimate of drug-likeness (QED) is 0.796. The van der Waals surface area contributed by atoms with Crippen molar-refractivity contribution in [1.82, 2.24) is 5.32 Å². The van der Waals surface area contributed by atoms with Gasteiger partial charge in [0, 0.05) is 6.04 Å². The van der Waals surface area contributed by atoms with Gasteiger partial charge in [-0.15, -0.1) is 0 Å². The minimum Gasteiger partial charge on any atom is -0.311 e. The van der Waals surface area contributed by atoms with Gasteiger partial charge in [-0.05, 0) is 49.9 Å². The topological polar surface area (TPSA) is 12.0 Å². The first-order valence-electron chi connectivity index (χ1n) is 6.25. The van der Waals surface area contributed by atoms with Gasteiger partial charge in [-0.2, -0.15) is 0 Å². The minimum absolute atomic E-state index is 0.577. The molecule has 0 bridgehead atoms. The molecule has 1 aromatic rings. The molecule has 1 N–H and O–H groups in total. The van der Waals surface area contributed by atoms with Gasteiger partial charge in [0.15, 0.2) is 0 Å². The maximum Gasteiger partial charge on any atom is 0.0253 e. The molecule has 0 amide bonds. The van der Waals surface area contributed by atoms with Gasteiger partial charge in [-0.3, -0.25) is 0 Å². The first kappa shape index (κ1) is 11.4. The van der Waals surface area contributed by atoms with Crippen molar-refractivity contribution >= 4 is 6.08 Å². The highest BCUT2D eigenvalue weighted by Crippen LogP contribution is 2.16. The molecule has 0 spiro atoms. The van der Waals surface area contributed by atoms with E-state index in [9.17, 15) is 0 Å². The smallest absolute Gasteiger partial charge is 0.0253 e. The minimum atomic E-state index is 0.577. The lowest BCUT2D eigenvalue weighted by Gasteiger charge is -2.20. The highest BCUT2D eigenvalue weighted by Gasteiger charge is 2.08. The fourth-order valence-electron chi connectivity index (χ4n) is 2.35. The molecule has 1 atom stereocenters. The third-order valence-corrected chi connectivity index (χ3v) is 3.39. The van der Waals surface area contributed by atoms with Crippen LogP contribution < -0.4 is 5.32 Å². The summed E-state index contributed by atoms with van der Waals surface area (Å²) in [5.74, 6) is 0. The van der Waals surface area contributed by atoms with Gasteiger partial charge in [-0.1, -0.05) is 36.8 Å². The number of rotatable bonds is 2. The van der Waals surface area contributed by atoms with Crippen LogP contribution in [0.15, 0.2) is 24.3 Å². The second kappa shape index (κ2) is 5.31. The standard InChI is InChI=1S/C15H21N/c1-12-6-5-7-13(2)15(12)10-9-14-8-3-4-11-16-14/h5-7,9-10,14,16H,3-4,8,11H2,1-2H3/b10-9+. The Morgan fingerprint density at radius 3 is 2.56 bits per heavy atom. The average molecular weight is 215 g/mol. The summed E-state index contributed by atoms with van der Waals surface area (Å²) in [5.41, 5.74) is 4.12. The SMILES string of the molecule is Cc1cccc(C)c1/C=C/C1CCCCN1. The van der Waals surface area contributed by atoms with Gasteiger partial charge in [0.25, 0.3) is 0 Å². The number of hydrogen-bond acceptors (Lipinski definition) is 1. The molecule has 16 heavy (non-hydrogen) atoms. The summed E-state index contributed by atoms with van der Waals surface area (Å²) < 4.78 is 0. The highest BCUT2D eigenvalue weighted by molar-refractivity contribution is 5.57. The molecule has 1 aliphatic heterocycles. The van der Waals surface area contributed by atoms with E-state index in [4.69, 9.17) is 0 Å². The molecule has 1 unspecified atom stereocenters. The van der Waals surface area contributed by atoms with Crippen LogP contribution in [-0.2, 0) is 0 Å². The Bertz CT molecular complexity index is 353. The predicted octanol–water partition coefficient (Wildman–Crippen LogP) is 3.46. The zero-order valence-electron chi connectivity index (χ0n) is 10.3. The molecule has 0 radical (unpaired) electrons. The summed E-state index contributed by atoms with van der Waals surface area (Å²) in [6, 6.07) is 7.07. The molecule has 1 aromatic carbocycles. The number of benzene rings is 1. The van der Waals surface area contributed by atoms with Crippen LogP contribution in [0.25, 0.3) is 6.08 Å². The Morgan fingerprint density at radius 1 is 1.19 bits per heavy atom. The monoisotopic (exact) mass is 215 g/mol. The van der Waals surface area contributed by atoms with E-state index in [0.717, 1.165) is 0 Å². The van der Waals surface area contributed by atoms with E-state index in [1.54, 1.807) is 0 Å². The van der Waals surface area contributed by atoms with Crippen LogP contribution in [0.5, 0.6) is 0 Å². The van der Waals surface area contributed by atoms with E-state index < -0.39 is 0 Å². The van der Waals surface area contributed by atoms with Crippen LogP contribution in [-0.4, -0.2) is 12.6 Å². The maximum absolute atomic E-state index is 3.54.